The molecule has 0 bridgehead atoms. The van der Waals surface area contributed by atoms with Gasteiger partial charge < -0.3 is 24.5 Å². The third-order valence-corrected chi connectivity index (χ3v) is 5.27. The first-order valence-electron chi connectivity index (χ1n) is 9.57. The van der Waals surface area contributed by atoms with Gasteiger partial charge in [-0.15, -0.1) is 0 Å². The number of carbonyl (C=O) groups is 1. The van der Waals surface area contributed by atoms with E-state index in [9.17, 15) is 4.79 Å². The van der Waals surface area contributed by atoms with Crippen LogP contribution in [0.25, 0.3) is 10.9 Å². The Labute approximate surface area is 174 Å². The molecule has 1 amide bonds. The molecule has 4 rings (SSSR count). The number of rotatable bonds is 7. The normalized spacial score (nSPS) is 14.0. The number of ether oxygens (including phenoxy) is 3. The minimum absolute atomic E-state index is 0.0432. The summed E-state index contributed by atoms with van der Waals surface area (Å²) in [6.07, 6.45) is 2.24. The van der Waals surface area contributed by atoms with Gasteiger partial charge in [0.2, 0.25) is 5.91 Å². The van der Waals surface area contributed by atoms with Crippen molar-refractivity contribution in [1.82, 2.24) is 10.3 Å². The third kappa shape index (κ3) is 4.33. The molecule has 0 spiro atoms. The van der Waals surface area contributed by atoms with E-state index >= 15 is 0 Å². The van der Waals surface area contributed by atoms with Gasteiger partial charge in [0.1, 0.15) is 13.2 Å². The average Bonchev–Trinajstić information content (AvgIpc) is 3.14. The van der Waals surface area contributed by atoms with E-state index in [1.165, 1.54) is 0 Å². The highest BCUT2D eigenvalue weighted by molar-refractivity contribution is 6.31. The number of nitrogens with one attached hydrogen (secondary N) is 2. The van der Waals surface area contributed by atoms with E-state index in [0.29, 0.717) is 43.6 Å². The van der Waals surface area contributed by atoms with Gasteiger partial charge in [-0.25, -0.2) is 0 Å². The van der Waals surface area contributed by atoms with Crippen LogP contribution in [0.5, 0.6) is 11.5 Å². The van der Waals surface area contributed by atoms with Crippen LogP contribution >= 0.6 is 11.6 Å². The van der Waals surface area contributed by atoms with E-state index in [2.05, 4.69) is 10.3 Å². The lowest BCUT2D eigenvalue weighted by atomic mass is 9.87. The van der Waals surface area contributed by atoms with E-state index in [0.717, 1.165) is 27.8 Å². The second kappa shape index (κ2) is 8.76. The Kier molecular flexibility index (Phi) is 5.92. The number of carbonyl (C=O) groups excluding carboxylic acids is 1. The highest BCUT2D eigenvalue weighted by Crippen LogP contribution is 2.39. The van der Waals surface area contributed by atoms with Crippen molar-refractivity contribution in [2.75, 3.05) is 33.5 Å². The molecule has 2 aromatic carbocycles. The van der Waals surface area contributed by atoms with Gasteiger partial charge in [0.05, 0.1) is 6.61 Å². The molecule has 0 aliphatic carbocycles. The van der Waals surface area contributed by atoms with Crippen LogP contribution in [-0.4, -0.2) is 44.4 Å². The Balaban J connectivity index is 1.71. The first kappa shape index (κ1) is 19.6. The topological polar surface area (TPSA) is 72.6 Å². The van der Waals surface area contributed by atoms with Gasteiger partial charge in [-0.3, -0.25) is 4.79 Å². The van der Waals surface area contributed by atoms with Crippen LogP contribution in [0.3, 0.4) is 0 Å². The minimum atomic E-state index is -0.166. The van der Waals surface area contributed by atoms with Crippen LogP contribution in [0.1, 0.15) is 23.5 Å². The van der Waals surface area contributed by atoms with Gasteiger partial charge >= 0.3 is 0 Å². The highest BCUT2D eigenvalue weighted by Gasteiger charge is 2.24. The maximum absolute atomic E-state index is 12.6. The van der Waals surface area contributed by atoms with Gasteiger partial charge in [0.15, 0.2) is 11.5 Å². The van der Waals surface area contributed by atoms with Gasteiger partial charge in [-0.1, -0.05) is 17.7 Å². The third-order valence-electron chi connectivity index (χ3n) is 5.04. The molecule has 0 fully saturated rings. The van der Waals surface area contributed by atoms with Gasteiger partial charge in [-0.2, -0.15) is 0 Å². The van der Waals surface area contributed by atoms with E-state index in [1.54, 1.807) is 7.11 Å². The first-order valence-corrected chi connectivity index (χ1v) is 9.95. The van der Waals surface area contributed by atoms with Crippen molar-refractivity contribution in [1.29, 1.82) is 0 Å². The Morgan fingerprint density at radius 1 is 1.21 bits per heavy atom. The van der Waals surface area contributed by atoms with Crippen molar-refractivity contribution >= 4 is 28.4 Å². The number of aromatic amines is 1. The summed E-state index contributed by atoms with van der Waals surface area (Å²) in [5, 5.41) is 4.57. The predicted octanol–water partition coefficient (Wildman–Crippen LogP) is 3.88. The Hall–Kier alpha value is -2.70. The van der Waals surface area contributed by atoms with Crippen LogP contribution in [0, 0.1) is 0 Å². The van der Waals surface area contributed by atoms with Crippen molar-refractivity contribution in [2.45, 2.75) is 12.3 Å². The SMILES string of the molecule is COCCNC(=O)CC(c1ccc2c(c1)OCCO2)c1c[nH]c2ccc(Cl)cc12. The molecule has 1 aromatic heterocycles. The zero-order valence-corrected chi connectivity index (χ0v) is 16.9. The monoisotopic (exact) mass is 414 g/mol. The zero-order valence-electron chi connectivity index (χ0n) is 16.2. The number of hydrogen-bond acceptors (Lipinski definition) is 4. The number of amides is 1. The molecule has 0 saturated heterocycles. The quantitative estimate of drug-likeness (QED) is 0.575. The van der Waals surface area contributed by atoms with Crippen LogP contribution < -0.4 is 14.8 Å². The second-order valence-electron chi connectivity index (χ2n) is 6.94. The van der Waals surface area contributed by atoms with Crippen molar-refractivity contribution in [2.24, 2.45) is 0 Å². The van der Waals surface area contributed by atoms with Gasteiger partial charge in [0, 0.05) is 48.1 Å². The summed E-state index contributed by atoms with van der Waals surface area (Å²) in [5.41, 5.74) is 2.98. The summed E-state index contributed by atoms with van der Waals surface area (Å²) in [6.45, 7) is 2.01. The number of halogens is 1. The molecule has 2 N–H and O–H groups in total. The molecule has 6 nitrogen and oxygen atoms in total. The van der Waals surface area contributed by atoms with Crippen molar-refractivity contribution in [3.63, 3.8) is 0 Å². The van der Waals surface area contributed by atoms with Crippen LogP contribution in [0.2, 0.25) is 5.02 Å². The lowest BCUT2D eigenvalue weighted by Gasteiger charge is -2.22. The van der Waals surface area contributed by atoms with Crippen molar-refractivity contribution < 1.29 is 19.0 Å². The van der Waals surface area contributed by atoms with E-state index < -0.39 is 0 Å². The number of aromatic nitrogens is 1. The summed E-state index contributed by atoms with van der Waals surface area (Å²) in [6, 6.07) is 11.6. The standard InChI is InChI=1S/C22H23ClN2O4/c1-27-7-6-24-22(26)12-16(14-2-5-20-21(10-14)29-9-8-28-20)18-13-25-19-4-3-15(23)11-17(18)19/h2-5,10-11,13,16,25H,6-9,12H2,1H3,(H,24,26). The molecule has 1 atom stereocenters. The summed E-state index contributed by atoms with van der Waals surface area (Å²) < 4.78 is 16.4. The van der Waals surface area contributed by atoms with Crippen molar-refractivity contribution in [3.8, 4) is 11.5 Å². The first-order chi connectivity index (χ1) is 14.2. The molecule has 1 aliphatic rings. The van der Waals surface area contributed by atoms with Crippen LogP contribution in [0.4, 0.5) is 0 Å². The van der Waals surface area contributed by atoms with E-state index in [1.807, 2.05) is 42.6 Å². The smallest absolute Gasteiger partial charge is 0.221 e. The van der Waals surface area contributed by atoms with Crippen molar-refractivity contribution in [3.05, 3.63) is 58.7 Å². The Bertz CT molecular complexity index is 1020. The lowest BCUT2D eigenvalue weighted by molar-refractivity contribution is -0.121. The number of fused-ring (bicyclic) bond motifs is 2. The predicted molar refractivity (Wildman–Crippen MR) is 112 cm³/mol. The maximum atomic E-state index is 12.6. The fraction of sp³-hybridized carbons (Fsp3) is 0.318. The number of H-pyrrole nitrogens is 1. The molecule has 0 saturated carbocycles. The molecule has 1 aliphatic heterocycles. The summed E-state index contributed by atoms with van der Waals surface area (Å²) in [4.78, 5) is 15.9. The summed E-state index contributed by atoms with van der Waals surface area (Å²) >= 11 is 6.24. The van der Waals surface area contributed by atoms with E-state index in [-0.39, 0.29) is 11.8 Å². The van der Waals surface area contributed by atoms with Gasteiger partial charge in [-0.05, 0) is 41.5 Å². The molecular weight excluding hydrogens is 392 g/mol. The summed E-state index contributed by atoms with van der Waals surface area (Å²) in [5.74, 6) is 1.22. The molecular formula is C22H23ClN2O4. The molecule has 2 heterocycles. The van der Waals surface area contributed by atoms with Gasteiger partial charge in [0.25, 0.3) is 0 Å². The van der Waals surface area contributed by atoms with Crippen LogP contribution in [0.15, 0.2) is 42.6 Å². The lowest BCUT2D eigenvalue weighted by Crippen LogP contribution is -2.28. The summed E-state index contributed by atoms with van der Waals surface area (Å²) in [7, 11) is 1.61. The van der Waals surface area contributed by atoms with Crippen LogP contribution in [-0.2, 0) is 9.53 Å². The van der Waals surface area contributed by atoms with E-state index in [4.69, 9.17) is 25.8 Å². The zero-order chi connectivity index (χ0) is 20.2. The maximum Gasteiger partial charge on any atom is 0.221 e. The largest absolute Gasteiger partial charge is 0.486 e. The number of hydrogen-bond donors (Lipinski definition) is 2. The molecule has 29 heavy (non-hydrogen) atoms. The fourth-order valence-corrected chi connectivity index (χ4v) is 3.81. The average molecular weight is 415 g/mol. The fourth-order valence-electron chi connectivity index (χ4n) is 3.64. The Morgan fingerprint density at radius 3 is 2.86 bits per heavy atom. The minimum Gasteiger partial charge on any atom is -0.486 e. The highest BCUT2D eigenvalue weighted by atomic mass is 35.5. The molecule has 1 unspecified atom stereocenters. The second-order valence-corrected chi connectivity index (χ2v) is 7.37. The molecule has 3 aromatic rings. The molecule has 7 heteroatoms. The Morgan fingerprint density at radius 2 is 2.03 bits per heavy atom. The molecule has 152 valence electrons. The molecule has 0 radical (unpaired) electrons. The number of benzene rings is 2. The number of methoxy groups -OCH3 is 1.